The number of rotatable bonds is 6. The van der Waals surface area contributed by atoms with Gasteiger partial charge < -0.3 is 9.88 Å². The highest BCUT2D eigenvalue weighted by Gasteiger charge is 2.23. The summed E-state index contributed by atoms with van der Waals surface area (Å²) in [5, 5.41) is 4.18. The van der Waals surface area contributed by atoms with Crippen molar-refractivity contribution in [3.8, 4) is 0 Å². The van der Waals surface area contributed by atoms with E-state index in [0.717, 1.165) is 5.56 Å². The molecule has 1 aromatic heterocycles. The Labute approximate surface area is 196 Å². The zero-order valence-corrected chi connectivity index (χ0v) is 19.5. The van der Waals surface area contributed by atoms with E-state index in [1.54, 1.807) is 65.2 Å². The van der Waals surface area contributed by atoms with Crippen molar-refractivity contribution in [2.24, 2.45) is 0 Å². The maximum absolute atomic E-state index is 13.2. The fraction of sp³-hybridized carbons (Fsp3) is 0.125. The number of aromatic nitrogens is 1. The molecule has 1 amide bonds. The summed E-state index contributed by atoms with van der Waals surface area (Å²) in [5.41, 5.74) is 2.66. The van der Waals surface area contributed by atoms with Crippen molar-refractivity contribution in [1.29, 1.82) is 0 Å². The monoisotopic (exact) mass is 486 g/mol. The molecule has 0 fully saturated rings. The number of sulfone groups is 1. The number of hydrogen-bond acceptors (Lipinski definition) is 3. The summed E-state index contributed by atoms with van der Waals surface area (Å²) in [6, 6.07) is 19.3. The number of hydrogen-bond donors (Lipinski definition) is 1. The molecular weight excluding hydrogens is 467 g/mol. The fourth-order valence-corrected chi connectivity index (χ4v) is 5.73. The maximum atomic E-state index is 13.2. The fourth-order valence-electron chi connectivity index (χ4n) is 3.56. The number of anilines is 1. The van der Waals surface area contributed by atoms with Crippen LogP contribution in [0.25, 0.3) is 10.9 Å². The molecule has 0 bridgehead atoms. The number of aryl methyl sites for hydroxylation is 1. The molecule has 0 aliphatic rings. The summed E-state index contributed by atoms with van der Waals surface area (Å²) < 4.78 is 28.1. The van der Waals surface area contributed by atoms with Crippen LogP contribution in [-0.2, 0) is 26.9 Å². The molecule has 0 spiro atoms. The van der Waals surface area contributed by atoms with Crippen LogP contribution in [-0.4, -0.2) is 18.9 Å². The second-order valence-corrected chi connectivity index (χ2v) is 10.3. The van der Waals surface area contributed by atoms with E-state index >= 15 is 0 Å². The minimum Gasteiger partial charge on any atom is -0.337 e. The molecule has 0 unspecified atom stereocenters. The van der Waals surface area contributed by atoms with E-state index in [9.17, 15) is 13.2 Å². The number of benzene rings is 3. The number of para-hydroxylation sites is 1. The lowest BCUT2D eigenvalue weighted by atomic mass is 10.2. The topological polar surface area (TPSA) is 68.2 Å². The van der Waals surface area contributed by atoms with Gasteiger partial charge in [0.25, 0.3) is 0 Å². The first-order chi connectivity index (χ1) is 15.2. The highest BCUT2D eigenvalue weighted by molar-refractivity contribution is 7.90. The van der Waals surface area contributed by atoms with Crippen LogP contribution >= 0.6 is 23.2 Å². The zero-order chi connectivity index (χ0) is 22.9. The predicted molar refractivity (Wildman–Crippen MR) is 129 cm³/mol. The first-order valence-corrected chi connectivity index (χ1v) is 12.3. The van der Waals surface area contributed by atoms with Gasteiger partial charge in [-0.2, -0.15) is 0 Å². The summed E-state index contributed by atoms with van der Waals surface area (Å²) in [7, 11) is -3.71. The van der Waals surface area contributed by atoms with Crippen molar-refractivity contribution in [3.05, 3.63) is 94.1 Å². The van der Waals surface area contributed by atoms with Gasteiger partial charge in [-0.05, 0) is 42.3 Å². The van der Waals surface area contributed by atoms with Crippen LogP contribution in [0, 0.1) is 6.92 Å². The molecule has 0 atom stereocenters. The van der Waals surface area contributed by atoms with E-state index in [0.29, 0.717) is 32.2 Å². The molecule has 0 saturated carbocycles. The molecule has 1 heterocycles. The molecule has 5 nitrogen and oxygen atoms in total. The van der Waals surface area contributed by atoms with Gasteiger partial charge in [0.2, 0.25) is 5.91 Å². The van der Waals surface area contributed by atoms with Crippen LogP contribution < -0.4 is 5.32 Å². The minimum atomic E-state index is -3.71. The predicted octanol–water partition coefficient (Wildman–Crippen LogP) is 5.87. The minimum absolute atomic E-state index is 0.0632. The molecular formula is C24H20Cl2N2O3S. The zero-order valence-electron chi connectivity index (χ0n) is 17.2. The lowest BCUT2D eigenvalue weighted by Crippen LogP contribution is -2.18. The van der Waals surface area contributed by atoms with Gasteiger partial charge in [-0.25, -0.2) is 8.42 Å². The Bertz CT molecular complexity index is 1430. The lowest BCUT2D eigenvalue weighted by Gasteiger charge is -2.09. The normalized spacial score (nSPS) is 11.6. The van der Waals surface area contributed by atoms with E-state index < -0.39 is 9.84 Å². The van der Waals surface area contributed by atoms with Crippen molar-refractivity contribution in [1.82, 2.24) is 4.57 Å². The summed E-state index contributed by atoms with van der Waals surface area (Å²) in [6.07, 6.45) is 1.51. The van der Waals surface area contributed by atoms with Crippen LogP contribution in [0.2, 0.25) is 10.0 Å². The van der Waals surface area contributed by atoms with Crippen molar-refractivity contribution < 1.29 is 13.2 Å². The third-order valence-electron chi connectivity index (χ3n) is 5.10. The van der Waals surface area contributed by atoms with Gasteiger partial charge in [0.1, 0.15) is 6.54 Å². The third kappa shape index (κ3) is 4.67. The van der Waals surface area contributed by atoms with Gasteiger partial charge in [0.05, 0.1) is 21.4 Å². The number of carbonyl (C=O) groups excluding carboxylic acids is 1. The first-order valence-electron chi connectivity index (χ1n) is 9.84. The van der Waals surface area contributed by atoms with Crippen LogP contribution in [0.1, 0.15) is 11.1 Å². The molecule has 0 aliphatic heterocycles. The highest BCUT2D eigenvalue weighted by Crippen LogP contribution is 2.30. The standard InChI is InChI=1S/C24H20Cl2N2O3S/c1-16-10-11-21(20(26)12-16)27-24(29)14-28-13-23(18-7-3-5-9-22(18)28)32(30,31)15-17-6-2-4-8-19(17)25/h2-13H,14-15H2,1H3,(H,27,29). The van der Waals surface area contributed by atoms with E-state index in [1.807, 2.05) is 13.0 Å². The van der Waals surface area contributed by atoms with Crippen LogP contribution in [0.3, 0.4) is 0 Å². The molecule has 32 heavy (non-hydrogen) atoms. The maximum Gasteiger partial charge on any atom is 0.244 e. The quantitative estimate of drug-likeness (QED) is 0.370. The number of amides is 1. The van der Waals surface area contributed by atoms with Gasteiger partial charge >= 0.3 is 0 Å². The van der Waals surface area contributed by atoms with Gasteiger partial charge in [-0.3, -0.25) is 4.79 Å². The average Bonchev–Trinajstić information content (AvgIpc) is 3.11. The molecule has 0 aliphatic carbocycles. The van der Waals surface area contributed by atoms with E-state index in [-0.39, 0.29) is 23.1 Å². The average molecular weight is 487 g/mol. The number of nitrogens with zero attached hydrogens (tertiary/aromatic N) is 1. The molecule has 8 heteroatoms. The molecule has 1 N–H and O–H groups in total. The Balaban J connectivity index is 1.65. The number of carbonyl (C=O) groups is 1. The second kappa shape index (κ2) is 8.98. The van der Waals surface area contributed by atoms with Crippen molar-refractivity contribution in [2.75, 3.05) is 5.32 Å². The number of nitrogens with one attached hydrogen (secondary N) is 1. The van der Waals surface area contributed by atoms with Crippen molar-refractivity contribution in [2.45, 2.75) is 24.1 Å². The molecule has 4 rings (SSSR count). The van der Waals surface area contributed by atoms with Crippen LogP contribution in [0.4, 0.5) is 5.69 Å². The molecule has 164 valence electrons. The Morgan fingerprint density at radius 1 is 0.969 bits per heavy atom. The Morgan fingerprint density at radius 2 is 1.69 bits per heavy atom. The summed E-state index contributed by atoms with van der Waals surface area (Å²) in [4.78, 5) is 12.9. The van der Waals surface area contributed by atoms with Crippen LogP contribution in [0.5, 0.6) is 0 Å². The van der Waals surface area contributed by atoms with E-state index in [1.165, 1.54) is 6.20 Å². The smallest absolute Gasteiger partial charge is 0.244 e. The lowest BCUT2D eigenvalue weighted by molar-refractivity contribution is -0.116. The molecule has 3 aromatic carbocycles. The number of fused-ring (bicyclic) bond motifs is 1. The SMILES string of the molecule is Cc1ccc(NC(=O)Cn2cc(S(=O)(=O)Cc3ccccc3Cl)c3ccccc32)c(Cl)c1. The summed E-state index contributed by atoms with van der Waals surface area (Å²) in [6.45, 7) is 1.85. The van der Waals surface area contributed by atoms with Crippen molar-refractivity contribution >= 4 is 55.5 Å². The van der Waals surface area contributed by atoms with Gasteiger partial charge in [0, 0.05) is 22.1 Å². The second-order valence-electron chi connectivity index (χ2n) is 7.52. The summed E-state index contributed by atoms with van der Waals surface area (Å²) in [5.74, 6) is -0.544. The first kappa shape index (κ1) is 22.4. The molecule has 4 aromatic rings. The third-order valence-corrected chi connectivity index (χ3v) is 7.47. The van der Waals surface area contributed by atoms with Gasteiger partial charge in [0.15, 0.2) is 9.84 Å². The van der Waals surface area contributed by atoms with Gasteiger partial charge in [-0.15, -0.1) is 0 Å². The van der Waals surface area contributed by atoms with E-state index in [4.69, 9.17) is 23.2 Å². The highest BCUT2D eigenvalue weighted by atomic mass is 35.5. The van der Waals surface area contributed by atoms with Crippen molar-refractivity contribution in [3.63, 3.8) is 0 Å². The Morgan fingerprint density at radius 3 is 2.44 bits per heavy atom. The van der Waals surface area contributed by atoms with E-state index in [2.05, 4.69) is 5.32 Å². The number of halogens is 2. The molecule has 0 saturated heterocycles. The van der Waals surface area contributed by atoms with Gasteiger partial charge in [-0.1, -0.05) is 65.7 Å². The Kier molecular flexibility index (Phi) is 6.29. The summed E-state index contributed by atoms with van der Waals surface area (Å²) >= 11 is 12.4. The Hall–Kier alpha value is -2.80. The van der Waals surface area contributed by atoms with Crippen LogP contribution in [0.15, 0.2) is 77.8 Å². The largest absolute Gasteiger partial charge is 0.337 e. The molecule has 0 radical (unpaired) electrons.